The summed E-state index contributed by atoms with van der Waals surface area (Å²) in [7, 11) is 0. The quantitative estimate of drug-likeness (QED) is 0.885. The summed E-state index contributed by atoms with van der Waals surface area (Å²) in [6, 6.07) is 8.60. The number of rotatable bonds is 5. The fourth-order valence-electron chi connectivity index (χ4n) is 2.26. The van der Waals surface area contributed by atoms with Crippen molar-refractivity contribution in [2.75, 3.05) is 0 Å². The predicted molar refractivity (Wildman–Crippen MR) is 82.2 cm³/mol. The minimum Gasteiger partial charge on any atom is -0.481 e. The molecule has 6 heteroatoms. The predicted octanol–water partition coefficient (Wildman–Crippen LogP) is 2.08. The Morgan fingerprint density at radius 2 is 1.91 bits per heavy atom. The van der Waals surface area contributed by atoms with Crippen molar-refractivity contribution in [2.45, 2.75) is 33.2 Å². The molecule has 1 atom stereocenters. The lowest BCUT2D eigenvalue weighted by Gasteiger charge is -2.12. The van der Waals surface area contributed by atoms with Crippen molar-refractivity contribution in [3.05, 3.63) is 47.3 Å². The molecule has 1 aromatic carbocycles. The number of carbonyl (C=O) groups is 2. The molecule has 1 heterocycles. The van der Waals surface area contributed by atoms with Gasteiger partial charge in [-0.3, -0.25) is 9.59 Å². The summed E-state index contributed by atoms with van der Waals surface area (Å²) in [5.74, 6) is -1.22. The second kappa shape index (κ2) is 6.43. The van der Waals surface area contributed by atoms with Gasteiger partial charge in [-0.15, -0.1) is 0 Å². The zero-order valence-electron chi connectivity index (χ0n) is 12.8. The maximum atomic E-state index is 12.0. The largest absolute Gasteiger partial charge is 0.481 e. The first-order chi connectivity index (χ1) is 10.4. The molecule has 6 nitrogen and oxygen atoms in total. The number of hydrogen-bond acceptors (Lipinski definition) is 3. The van der Waals surface area contributed by atoms with Crippen LogP contribution in [-0.2, 0) is 4.79 Å². The first kappa shape index (κ1) is 15.8. The highest BCUT2D eigenvalue weighted by molar-refractivity contribution is 5.94. The average molecular weight is 301 g/mol. The van der Waals surface area contributed by atoms with Gasteiger partial charge in [-0.1, -0.05) is 0 Å². The molecule has 0 aliphatic heterocycles. The third kappa shape index (κ3) is 3.72. The number of carbonyl (C=O) groups excluding carboxylic acids is 1. The van der Waals surface area contributed by atoms with Gasteiger partial charge in [-0.25, -0.2) is 4.68 Å². The highest BCUT2D eigenvalue weighted by Crippen LogP contribution is 2.13. The van der Waals surface area contributed by atoms with Crippen molar-refractivity contribution in [1.29, 1.82) is 0 Å². The molecule has 0 saturated heterocycles. The zero-order chi connectivity index (χ0) is 16.3. The second-order valence-electron chi connectivity index (χ2n) is 5.36. The van der Waals surface area contributed by atoms with Crippen molar-refractivity contribution in [3.63, 3.8) is 0 Å². The summed E-state index contributed by atoms with van der Waals surface area (Å²) in [6.07, 6.45) is -0.102. The highest BCUT2D eigenvalue weighted by Gasteiger charge is 2.13. The fraction of sp³-hybridized carbons (Fsp3) is 0.312. The molecule has 0 spiro atoms. The second-order valence-corrected chi connectivity index (χ2v) is 5.36. The number of nitrogens with one attached hydrogen (secondary N) is 1. The topological polar surface area (TPSA) is 84.2 Å². The SMILES string of the molecule is Cc1cc(C)n(-c2ccc(C(=O)NC(C)CC(=O)O)cc2)n1. The summed E-state index contributed by atoms with van der Waals surface area (Å²) in [5.41, 5.74) is 3.31. The van der Waals surface area contributed by atoms with Crippen molar-refractivity contribution in [3.8, 4) is 5.69 Å². The molecule has 0 fully saturated rings. The van der Waals surface area contributed by atoms with Gasteiger partial charge in [0.25, 0.3) is 5.91 Å². The fourth-order valence-corrected chi connectivity index (χ4v) is 2.26. The van der Waals surface area contributed by atoms with Crippen molar-refractivity contribution >= 4 is 11.9 Å². The minimum atomic E-state index is -0.937. The van der Waals surface area contributed by atoms with Crippen LogP contribution in [0.1, 0.15) is 35.1 Å². The van der Waals surface area contributed by atoms with Gasteiger partial charge in [0.05, 0.1) is 17.8 Å². The van der Waals surface area contributed by atoms with Gasteiger partial charge in [-0.05, 0) is 51.1 Å². The highest BCUT2D eigenvalue weighted by atomic mass is 16.4. The molecular weight excluding hydrogens is 282 g/mol. The Hall–Kier alpha value is -2.63. The van der Waals surface area contributed by atoms with E-state index in [1.54, 1.807) is 19.1 Å². The average Bonchev–Trinajstić information content (AvgIpc) is 2.77. The van der Waals surface area contributed by atoms with E-state index in [9.17, 15) is 9.59 Å². The Labute approximate surface area is 128 Å². The first-order valence-electron chi connectivity index (χ1n) is 7.03. The zero-order valence-corrected chi connectivity index (χ0v) is 12.8. The lowest BCUT2D eigenvalue weighted by Crippen LogP contribution is -2.34. The van der Waals surface area contributed by atoms with E-state index in [4.69, 9.17) is 5.11 Å². The molecule has 1 amide bonds. The number of aliphatic carboxylic acids is 1. The van der Waals surface area contributed by atoms with E-state index < -0.39 is 12.0 Å². The Bertz CT molecular complexity index is 689. The Kier molecular flexibility index (Phi) is 4.60. The van der Waals surface area contributed by atoms with E-state index in [2.05, 4.69) is 10.4 Å². The van der Waals surface area contributed by atoms with Crippen LogP contribution in [0, 0.1) is 13.8 Å². The molecule has 0 radical (unpaired) electrons. The third-order valence-electron chi connectivity index (χ3n) is 3.24. The van der Waals surface area contributed by atoms with Gasteiger partial charge in [0.1, 0.15) is 0 Å². The van der Waals surface area contributed by atoms with E-state index in [1.165, 1.54) is 0 Å². The molecule has 0 aliphatic rings. The normalized spacial score (nSPS) is 12.0. The molecule has 1 unspecified atom stereocenters. The summed E-state index contributed by atoms with van der Waals surface area (Å²) >= 11 is 0. The molecule has 116 valence electrons. The number of benzene rings is 1. The number of nitrogens with zero attached hydrogens (tertiary/aromatic N) is 2. The van der Waals surface area contributed by atoms with E-state index in [0.29, 0.717) is 5.56 Å². The van der Waals surface area contributed by atoms with Crippen LogP contribution >= 0.6 is 0 Å². The van der Waals surface area contributed by atoms with E-state index in [1.807, 2.05) is 36.7 Å². The van der Waals surface area contributed by atoms with Gasteiger partial charge >= 0.3 is 5.97 Å². The molecule has 2 aromatic rings. The maximum absolute atomic E-state index is 12.0. The molecule has 0 saturated carbocycles. The molecule has 0 aliphatic carbocycles. The van der Waals surface area contributed by atoms with Crippen molar-refractivity contribution < 1.29 is 14.7 Å². The number of aryl methyl sites for hydroxylation is 2. The van der Waals surface area contributed by atoms with Gasteiger partial charge in [-0.2, -0.15) is 5.10 Å². The summed E-state index contributed by atoms with van der Waals surface area (Å²) < 4.78 is 1.81. The number of amides is 1. The molecular formula is C16H19N3O3. The van der Waals surface area contributed by atoms with Crippen LogP contribution < -0.4 is 5.32 Å². The maximum Gasteiger partial charge on any atom is 0.305 e. The van der Waals surface area contributed by atoms with Gasteiger partial charge < -0.3 is 10.4 Å². The standard InChI is InChI=1S/C16H19N3O3/c1-10(9-15(20)21)17-16(22)13-4-6-14(7-5-13)19-12(3)8-11(2)18-19/h4-8,10H,9H2,1-3H3,(H,17,22)(H,20,21). The minimum absolute atomic E-state index is 0.102. The van der Waals surface area contributed by atoms with Crippen LogP contribution in [0.3, 0.4) is 0 Å². The summed E-state index contributed by atoms with van der Waals surface area (Å²) in [6.45, 7) is 5.56. The monoisotopic (exact) mass is 301 g/mol. The van der Waals surface area contributed by atoms with Crippen LogP contribution in [-0.4, -0.2) is 32.8 Å². The smallest absolute Gasteiger partial charge is 0.305 e. The number of aromatic nitrogens is 2. The van der Waals surface area contributed by atoms with Crippen LogP contribution in [0.5, 0.6) is 0 Å². The van der Waals surface area contributed by atoms with Crippen LogP contribution in [0.2, 0.25) is 0 Å². The third-order valence-corrected chi connectivity index (χ3v) is 3.24. The lowest BCUT2D eigenvalue weighted by molar-refractivity contribution is -0.137. The van der Waals surface area contributed by atoms with Crippen molar-refractivity contribution in [2.24, 2.45) is 0 Å². The lowest BCUT2D eigenvalue weighted by atomic mass is 10.1. The van der Waals surface area contributed by atoms with Crippen LogP contribution in [0.15, 0.2) is 30.3 Å². The Morgan fingerprint density at radius 1 is 1.27 bits per heavy atom. The molecule has 2 N–H and O–H groups in total. The number of carboxylic acid groups (broad SMARTS) is 1. The number of hydrogen-bond donors (Lipinski definition) is 2. The van der Waals surface area contributed by atoms with Crippen LogP contribution in [0.25, 0.3) is 5.69 Å². The molecule has 2 rings (SSSR count). The van der Waals surface area contributed by atoms with E-state index in [-0.39, 0.29) is 12.3 Å². The van der Waals surface area contributed by atoms with Crippen LogP contribution in [0.4, 0.5) is 0 Å². The van der Waals surface area contributed by atoms with Crippen molar-refractivity contribution in [1.82, 2.24) is 15.1 Å². The molecule has 1 aromatic heterocycles. The summed E-state index contributed by atoms with van der Waals surface area (Å²) in [5, 5.41) is 15.7. The Morgan fingerprint density at radius 3 is 2.41 bits per heavy atom. The van der Waals surface area contributed by atoms with Gasteiger partial charge in [0.2, 0.25) is 0 Å². The summed E-state index contributed by atoms with van der Waals surface area (Å²) in [4.78, 5) is 22.6. The molecule has 22 heavy (non-hydrogen) atoms. The van der Waals surface area contributed by atoms with Gasteiger partial charge in [0, 0.05) is 17.3 Å². The van der Waals surface area contributed by atoms with Gasteiger partial charge in [0.15, 0.2) is 0 Å². The first-order valence-corrected chi connectivity index (χ1v) is 7.03. The van der Waals surface area contributed by atoms with E-state index in [0.717, 1.165) is 17.1 Å². The number of carboxylic acids is 1. The molecule has 0 bridgehead atoms. The van der Waals surface area contributed by atoms with E-state index >= 15 is 0 Å². The Balaban J connectivity index is 2.10.